The lowest BCUT2D eigenvalue weighted by Crippen LogP contribution is -2.45. The average molecular weight is 258 g/mol. The summed E-state index contributed by atoms with van der Waals surface area (Å²) in [5.41, 5.74) is 0. The number of aliphatic carboxylic acids is 1. The van der Waals surface area contributed by atoms with Gasteiger partial charge in [0.2, 0.25) is 0 Å². The maximum absolute atomic E-state index is 11.9. The van der Waals surface area contributed by atoms with Crippen molar-refractivity contribution in [1.29, 1.82) is 0 Å². The molecular weight excluding hydrogens is 236 g/mol. The van der Waals surface area contributed by atoms with E-state index in [-0.39, 0.29) is 24.6 Å². The highest BCUT2D eigenvalue weighted by molar-refractivity contribution is 5.75. The molecule has 0 heterocycles. The fourth-order valence-corrected chi connectivity index (χ4v) is 2.31. The summed E-state index contributed by atoms with van der Waals surface area (Å²) in [5.74, 6) is -1.12. The van der Waals surface area contributed by atoms with E-state index in [1.165, 1.54) is 0 Å². The van der Waals surface area contributed by atoms with Crippen LogP contribution in [0, 0.1) is 5.92 Å². The number of carboxylic acid groups (broad SMARTS) is 1. The average Bonchev–Trinajstić information content (AvgIpc) is 2.77. The van der Waals surface area contributed by atoms with Gasteiger partial charge in [0.25, 0.3) is 0 Å². The van der Waals surface area contributed by atoms with Crippen molar-refractivity contribution in [1.82, 2.24) is 10.2 Å². The molecule has 1 fully saturated rings. The molecule has 6 heteroatoms. The molecule has 1 aliphatic rings. The number of urea groups is 1. The van der Waals surface area contributed by atoms with Crippen molar-refractivity contribution >= 4 is 12.0 Å². The van der Waals surface area contributed by atoms with Gasteiger partial charge in [-0.3, -0.25) is 4.79 Å². The fraction of sp³-hybridized carbons (Fsp3) is 0.833. The lowest BCUT2D eigenvalue weighted by Gasteiger charge is -2.24. The third kappa shape index (κ3) is 4.18. The molecular formula is C12H22N2O4. The highest BCUT2D eigenvalue weighted by Crippen LogP contribution is 2.25. The predicted molar refractivity (Wildman–Crippen MR) is 66.2 cm³/mol. The van der Waals surface area contributed by atoms with Gasteiger partial charge in [-0.2, -0.15) is 0 Å². The molecule has 0 saturated heterocycles. The second-order valence-electron chi connectivity index (χ2n) is 4.71. The number of aliphatic hydroxyl groups excluding tert-OH is 1. The van der Waals surface area contributed by atoms with Crippen molar-refractivity contribution < 1.29 is 19.8 Å². The minimum Gasteiger partial charge on any atom is -0.481 e. The van der Waals surface area contributed by atoms with E-state index in [1.807, 2.05) is 6.92 Å². The van der Waals surface area contributed by atoms with Crippen LogP contribution in [0.5, 0.6) is 0 Å². The van der Waals surface area contributed by atoms with Gasteiger partial charge in [-0.25, -0.2) is 4.79 Å². The Bertz CT molecular complexity index is 290. The van der Waals surface area contributed by atoms with E-state index in [4.69, 9.17) is 10.2 Å². The molecule has 1 aliphatic carbocycles. The zero-order valence-electron chi connectivity index (χ0n) is 10.8. The molecule has 3 N–H and O–H groups in total. The minimum atomic E-state index is -0.785. The van der Waals surface area contributed by atoms with Crippen LogP contribution in [0.25, 0.3) is 0 Å². The third-order valence-electron chi connectivity index (χ3n) is 3.26. The number of aliphatic hydroxyl groups is 1. The summed E-state index contributed by atoms with van der Waals surface area (Å²) in [5, 5.41) is 20.6. The first-order chi connectivity index (χ1) is 8.58. The highest BCUT2D eigenvalue weighted by Gasteiger charge is 2.31. The van der Waals surface area contributed by atoms with E-state index in [9.17, 15) is 9.59 Å². The SMILES string of the molecule is CCCN(CCO)C(=O)N[C@H]1CC[C@@H](C(=O)O)C1. The summed E-state index contributed by atoms with van der Waals surface area (Å²) in [6, 6.07) is -0.265. The van der Waals surface area contributed by atoms with Crippen molar-refractivity contribution in [3.05, 3.63) is 0 Å². The van der Waals surface area contributed by atoms with E-state index in [1.54, 1.807) is 4.90 Å². The van der Waals surface area contributed by atoms with Crippen molar-refractivity contribution in [2.24, 2.45) is 5.92 Å². The molecule has 0 aromatic rings. The monoisotopic (exact) mass is 258 g/mol. The number of carboxylic acids is 1. The molecule has 0 radical (unpaired) electrons. The quantitative estimate of drug-likeness (QED) is 0.652. The Hall–Kier alpha value is -1.30. The van der Waals surface area contributed by atoms with Gasteiger partial charge in [0.1, 0.15) is 0 Å². The van der Waals surface area contributed by atoms with Crippen LogP contribution in [0.4, 0.5) is 4.79 Å². The zero-order valence-corrected chi connectivity index (χ0v) is 10.8. The van der Waals surface area contributed by atoms with Crippen LogP contribution < -0.4 is 5.32 Å². The molecule has 0 bridgehead atoms. The van der Waals surface area contributed by atoms with Crippen molar-refractivity contribution in [2.45, 2.75) is 38.6 Å². The number of carbonyl (C=O) groups is 2. The fourth-order valence-electron chi connectivity index (χ4n) is 2.31. The van der Waals surface area contributed by atoms with Gasteiger partial charge in [0, 0.05) is 19.1 Å². The van der Waals surface area contributed by atoms with Crippen molar-refractivity contribution in [3.63, 3.8) is 0 Å². The Morgan fingerprint density at radius 1 is 1.33 bits per heavy atom. The Morgan fingerprint density at radius 2 is 2.06 bits per heavy atom. The van der Waals surface area contributed by atoms with E-state index in [0.29, 0.717) is 32.4 Å². The number of amides is 2. The molecule has 0 aromatic heterocycles. The molecule has 104 valence electrons. The third-order valence-corrected chi connectivity index (χ3v) is 3.26. The summed E-state index contributed by atoms with van der Waals surface area (Å²) in [6.45, 7) is 2.82. The molecule has 2 atom stereocenters. The summed E-state index contributed by atoms with van der Waals surface area (Å²) < 4.78 is 0. The van der Waals surface area contributed by atoms with Crippen LogP contribution >= 0.6 is 0 Å². The second-order valence-corrected chi connectivity index (χ2v) is 4.71. The molecule has 0 unspecified atom stereocenters. The highest BCUT2D eigenvalue weighted by atomic mass is 16.4. The summed E-state index contributed by atoms with van der Waals surface area (Å²) in [6.07, 6.45) is 2.66. The van der Waals surface area contributed by atoms with Gasteiger partial charge in [-0.05, 0) is 25.7 Å². The molecule has 1 rings (SSSR count). The summed E-state index contributed by atoms with van der Waals surface area (Å²) >= 11 is 0. The molecule has 6 nitrogen and oxygen atoms in total. The first kappa shape index (κ1) is 14.8. The molecule has 1 saturated carbocycles. The first-order valence-corrected chi connectivity index (χ1v) is 6.47. The number of carbonyl (C=O) groups excluding carboxylic acids is 1. The number of hydrogen-bond donors (Lipinski definition) is 3. The number of nitrogens with zero attached hydrogens (tertiary/aromatic N) is 1. The lowest BCUT2D eigenvalue weighted by atomic mass is 10.1. The Labute approximate surface area is 107 Å². The standard InChI is InChI=1S/C12H22N2O4/c1-2-5-14(6-7-15)12(18)13-10-4-3-9(8-10)11(16)17/h9-10,15H,2-8H2,1H3,(H,13,18)(H,16,17)/t9-,10+/m1/s1. The maximum Gasteiger partial charge on any atom is 0.317 e. The first-order valence-electron chi connectivity index (χ1n) is 6.47. The van der Waals surface area contributed by atoms with Crippen LogP contribution in [0.15, 0.2) is 0 Å². The van der Waals surface area contributed by atoms with Crippen LogP contribution in [0.3, 0.4) is 0 Å². The smallest absolute Gasteiger partial charge is 0.317 e. The van der Waals surface area contributed by atoms with Gasteiger partial charge in [0.15, 0.2) is 0 Å². The van der Waals surface area contributed by atoms with Crippen LogP contribution in [-0.2, 0) is 4.79 Å². The van der Waals surface area contributed by atoms with E-state index in [2.05, 4.69) is 5.32 Å². The number of rotatable bonds is 6. The zero-order chi connectivity index (χ0) is 13.5. The van der Waals surface area contributed by atoms with E-state index >= 15 is 0 Å². The Morgan fingerprint density at radius 3 is 2.56 bits per heavy atom. The maximum atomic E-state index is 11.9. The van der Waals surface area contributed by atoms with Crippen molar-refractivity contribution in [3.8, 4) is 0 Å². The van der Waals surface area contributed by atoms with Gasteiger partial charge < -0.3 is 20.4 Å². The Kier molecular flexibility index (Phi) is 5.91. The molecule has 18 heavy (non-hydrogen) atoms. The van der Waals surface area contributed by atoms with E-state index in [0.717, 1.165) is 6.42 Å². The second kappa shape index (κ2) is 7.20. The number of hydrogen-bond acceptors (Lipinski definition) is 3. The van der Waals surface area contributed by atoms with Crippen LogP contribution in [0.1, 0.15) is 32.6 Å². The summed E-state index contributed by atoms with van der Waals surface area (Å²) in [4.78, 5) is 24.3. The molecule has 0 aromatic carbocycles. The van der Waals surface area contributed by atoms with Gasteiger partial charge in [0.05, 0.1) is 12.5 Å². The number of nitrogens with one attached hydrogen (secondary N) is 1. The molecule has 2 amide bonds. The van der Waals surface area contributed by atoms with Crippen LogP contribution in [-0.4, -0.2) is 52.9 Å². The van der Waals surface area contributed by atoms with Crippen LogP contribution in [0.2, 0.25) is 0 Å². The predicted octanol–water partition coefficient (Wildman–Crippen LogP) is 0.654. The topological polar surface area (TPSA) is 89.9 Å². The Balaban J connectivity index is 2.41. The summed E-state index contributed by atoms with van der Waals surface area (Å²) in [7, 11) is 0. The normalized spacial score (nSPS) is 22.8. The van der Waals surface area contributed by atoms with Gasteiger partial charge in [-0.15, -0.1) is 0 Å². The molecule has 0 aliphatic heterocycles. The minimum absolute atomic E-state index is 0.0587. The lowest BCUT2D eigenvalue weighted by molar-refractivity contribution is -0.141. The van der Waals surface area contributed by atoms with Crippen molar-refractivity contribution in [2.75, 3.05) is 19.7 Å². The molecule has 0 spiro atoms. The van der Waals surface area contributed by atoms with Gasteiger partial charge >= 0.3 is 12.0 Å². The van der Waals surface area contributed by atoms with Gasteiger partial charge in [-0.1, -0.05) is 6.92 Å². The van der Waals surface area contributed by atoms with E-state index < -0.39 is 5.97 Å². The largest absolute Gasteiger partial charge is 0.481 e.